The molecular weight excluding hydrogens is 692 g/mol. The summed E-state index contributed by atoms with van der Waals surface area (Å²) in [7, 11) is 0. The predicted molar refractivity (Wildman–Crippen MR) is 159 cm³/mol. The minimum Gasteiger partial charge on any atom is -0.456 e. The molecule has 0 bridgehead atoms. The van der Waals surface area contributed by atoms with E-state index < -0.39 is 138 Å². The number of aliphatic hydroxyl groups is 2. The van der Waals surface area contributed by atoms with Crippen molar-refractivity contribution in [3.8, 4) is 0 Å². The molecule has 1 amide bonds. The smallest absolute Gasteiger partial charge is 0.325 e. The molecular formula is C31H43F2N3O15. The average molecular weight is 736 g/mol. The van der Waals surface area contributed by atoms with Crippen LogP contribution in [0.5, 0.6) is 0 Å². The molecule has 0 saturated heterocycles. The minimum absolute atomic E-state index is 0.0359. The zero-order valence-electron chi connectivity index (χ0n) is 27.9. The summed E-state index contributed by atoms with van der Waals surface area (Å²) in [6, 6.07) is 0. The van der Waals surface area contributed by atoms with Gasteiger partial charge >= 0.3 is 11.9 Å². The Bertz CT molecular complexity index is 1430. The standard InChI is InChI=1S/C31H43F2N3O15/c1-28-8-7-17(37)11-20(28)21(32)12-19-18-13-22(38)31(29(18,2)14-23(39)30(19,28)33,51-26(42)6-4-10-50-36(46)47)24(40)16-48-27(43)15-34-25(41)5-3-9-49-35(44)45/h7-8,11,18-19,21-23,38-39,44-47H,3-6,9-10,12-16H2,1-2H3,(H,34,41)/t18?,19?,21-,22+,23-,28-,29-,30-,31-/m0/s1. The van der Waals surface area contributed by atoms with E-state index in [1.54, 1.807) is 0 Å². The Morgan fingerprint density at radius 1 is 0.941 bits per heavy atom. The first kappa shape index (κ1) is 40.5. The van der Waals surface area contributed by atoms with E-state index >= 15 is 8.78 Å². The first-order valence-electron chi connectivity index (χ1n) is 16.3. The molecule has 3 saturated carbocycles. The Balaban J connectivity index is 1.58. The van der Waals surface area contributed by atoms with Gasteiger partial charge in [0.15, 0.2) is 18.1 Å². The van der Waals surface area contributed by atoms with Crippen LogP contribution >= 0.6 is 0 Å². The van der Waals surface area contributed by atoms with Crippen LogP contribution in [0.1, 0.15) is 58.8 Å². The summed E-state index contributed by atoms with van der Waals surface area (Å²) < 4.78 is 44.3. The second-order valence-corrected chi connectivity index (χ2v) is 13.6. The zero-order valence-corrected chi connectivity index (χ0v) is 27.9. The van der Waals surface area contributed by atoms with Crippen molar-refractivity contribution in [3.05, 3.63) is 23.8 Å². The average Bonchev–Trinajstić information content (AvgIpc) is 3.27. The van der Waals surface area contributed by atoms with Crippen LogP contribution in [-0.2, 0) is 43.1 Å². The van der Waals surface area contributed by atoms with Gasteiger partial charge in [0, 0.05) is 29.6 Å². The molecule has 4 rings (SSSR count). The van der Waals surface area contributed by atoms with Crippen molar-refractivity contribution >= 4 is 29.4 Å². The molecule has 20 heteroatoms. The molecule has 0 aliphatic heterocycles. The van der Waals surface area contributed by atoms with E-state index in [1.807, 2.05) is 0 Å². The molecule has 0 aromatic heterocycles. The molecule has 7 N–H and O–H groups in total. The van der Waals surface area contributed by atoms with E-state index in [1.165, 1.54) is 19.9 Å². The number of nitrogens with zero attached hydrogens (tertiary/aromatic N) is 2. The number of ketones is 2. The number of fused-ring (bicyclic) bond motifs is 5. The molecule has 0 aromatic carbocycles. The van der Waals surface area contributed by atoms with Crippen molar-refractivity contribution < 1.29 is 82.9 Å². The lowest BCUT2D eigenvalue weighted by Crippen LogP contribution is -2.71. The molecule has 18 nitrogen and oxygen atoms in total. The summed E-state index contributed by atoms with van der Waals surface area (Å²) >= 11 is 0. The maximum absolute atomic E-state index is 17.6. The lowest BCUT2D eigenvalue weighted by atomic mass is 9.44. The third-order valence-electron chi connectivity index (χ3n) is 10.8. The fraction of sp³-hybridized carbons (Fsp3) is 0.710. The monoisotopic (exact) mass is 735 g/mol. The van der Waals surface area contributed by atoms with Crippen LogP contribution in [-0.4, -0.2) is 127 Å². The van der Waals surface area contributed by atoms with E-state index in [4.69, 9.17) is 30.3 Å². The molecule has 51 heavy (non-hydrogen) atoms. The molecule has 3 fully saturated rings. The maximum Gasteiger partial charge on any atom is 0.325 e. The first-order chi connectivity index (χ1) is 23.8. The number of halogens is 2. The predicted octanol–water partition coefficient (Wildman–Crippen LogP) is 0.371. The van der Waals surface area contributed by atoms with Gasteiger partial charge in [0.05, 0.1) is 30.1 Å². The van der Waals surface area contributed by atoms with Gasteiger partial charge in [-0.25, -0.2) is 8.78 Å². The topological polar surface area (TPSA) is 262 Å². The third kappa shape index (κ3) is 7.61. The van der Waals surface area contributed by atoms with Crippen molar-refractivity contribution in [3.63, 3.8) is 0 Å². The zero-order chi connectivity index (χ0) is 37.9. The molecule has 2 unspecified atom stereocenters. The highest BCUT2D eigenvalue weighted by Crippen LogP contribution is 2.70. The van der Waals surface area contributed by atoms with E-state index in [2.05, 4.69) is 15.0 Å². The number of rotatable bonds is 16. The Hall–Kier alpha value is -3.31. The number of amides is 1. The van der Waals surface area contributed by atoms with Gasteiger partial charge < -0.3 is 25.0 Å². The van der Waals surface area contributed by atoms with Crippen LogP contribution < -0.4 is 5.32 Å². The number of hydrogen-bond acceptors (Lipinski definition) is 17. The summed E-state index contributed by atoms with van der Waals surface area (Å²) in [6.45, 7) is 0.302. The molecule has 4 aliphatic rings. The highest BCUT2D eigenvalue weighted by molar-refractivity contribution is 6.01. The highest BCUT2D eigenvalue weighted by atomic mass is 19.1. The number of Topliss-reactive ketones (excluding diaryl/α,β-unsaturated/α-hetero) is 1. The highest BCUT2D eigenvalue weighted by Gasteiger charge is 2.78. The number of hydrogen-bond donors (Lipinski definition) is 7. The first-order valence-corrected chi connectivity index (χ1v) is 16.3. The van der Waals surface area contributed by atoms with Gasteiger partial charge in [-0.05, 0) is 62.7 Å². The number of alkyl halides is 2. The fourth-order valence-electron chi connectivity index (χ4n) is 8.48. The minimum atomic E-state index is -2.59. The largest absolute Gasteiger partial charge is 0.456 e. The van der Waals surface area contributed by atoms with Crippen molar-refractivity contribution in [2.75, 3.05) is 26.4 Å². The van der Waals surface area contributed by atoms with Crippen molar-refractivity contribution in [1.82, 2.24) is 16.1 Å². The third-order valence-corrected chi connectivity index (χ3v) is 10.8. The summed E-state index contributed by atoms with van der Waals surface area (Å²) in [6.07, 6.45) is -4.65. The fourth-order valence-corrected chi connectivity index (χ4v) is 8.48. The summed E-state index contributed by atoms with van der Waals surface area (Å²) in [5.74, 6) is -7.00. The molecule has 286 valence electrons. The Labute approximate surface area is 289 Å². The van der Waals surface area contributed by atoms with Crippen molar-refractivity contribution in [1.29, 1.82) is 0 Å². The number of ether oxygens (including phenoxy) is 2. The normalized spacial score (nSPS) is 35.5. The number of esters is 2. The lowest BCUT2D eigenvalue weighted by Gasteiger charge is -2.63. The van der Waals surface area contributed by atoms with Crippen molar-refractivity contribution in [2.45, 2.75) is 88.4 Å². The molecule has 0 radical (unpaired) electrons. The number of allylic oxidation sites excluding steroid dienone is 4. The molecule has 0 heterocycles. The lowest BCUT2D eigenvalue weighted by molar-refractivity contribution is -0.492. The SMILES string of the molecule is C[C@]12C=CC(=O)C=C1[C@@H](F)CC1C3C[C@@H](O)[C@](OC(=O)CCCON(O)O)(C(=O)COC(=O)CNC(=O)CCCON(O)O)[C@@]3(C)C[C@H](O)[C@@]12F. The maximum atomic E-state index is 17.6. The number of aliphatic hydroxyl groups excluding tert-OH is 2. The quantitative estimate of drug-likeness (QED) is 0.0641. The Morgan fingerprint density at radius 3 is 2.20 bits per heavy atom. The number of carbonyl (C=O) groups excluding carboxylic acids is 5. The van der Waals surface area contributed by atoms with Gasteiger partial charge in [-0.15, -0.1) is 0 Å². The van der Waals surface area contributed by atoms with Crippen LogP contribution in [0.3, 0.4) is 0 Å². The number of nitrogens with one attached hydrogen (secondary N) is 1. The van der Waals surface area contributed by atoms with Crippen LogP contribution in [0.15, 0.2) is 23.8 Å². The van der Waals surface area contributed by atoms with E-state index in [0.29, 0.717) is 0 Å². The van der Waals surface area contributed by atoms with Crippen LogP contribution in [0.25, 0.3) is 0 Å². The van der Waals surface area contributed by atoms with E-state index in [9.17, 15) is 34.2 Å². The molecule has 0 spiro atoms. The van der Waals surface area contributed by atoms with Gasteiger partial charge in [0.25, 0.3) is 0 Å². The van der Waals surface area contributed by atoms with Crippen LogP contribution in [0.2, 0.25) is 0 Å². The summed E-state index contributed by atoms with van der Waals surface area (Å²) in [5, 5.41) is 58.9. The number of carbonyl (C=O) groups is 5. The van der Waals surface area contributed by atoms with E-state index in [0.717, 1.165) is 12.2 Å². The van der Waals surface area contributed by atoms with Gasteiger partial charge in [-0.3, -0.25) is 54.5 Å². The van der Waals surface area contributed by atoms with Gasteiger partial charge in [0.1, 0.15) is 18.8 Å². The summed E-state index contributed by atoms with van der Waals surface area (Å²) in [4.78, 5) is 72.7. The van der Waals surface area contributed by atoms with Gasteiger partial charge in [0.2, 0.25) is 17.3 Å². The van der Waals surface area contributed by atoms with Gasteiger partial charge in [-0.1, -0.05) is 13.0 Å². The second-order valence-electron chi connectivity index (χ2n) is 13.6. The second kappa shape index (κ2) is 15.7. The molecule has 9 atom stereocenters. The van der Waals surface area contributed by atoms with Crippen LogP contribution in [0, 0.1) is 22.7 Å². The van der Waals surface area contributed by atoms with Crippen LogP contribution in [0.4, 0.5) is 8.78 Å². The Kier molecular flexibility index (Phi) is 12.5. The van der Waals surface area contributed by atoms with Crippen molar-refractivity contribution in [2.24, 2.45) is 22.7 Å². The molecule has 0 aromatic rings. The van der Waals surface area contributed by atoms with E-state index in [-0.39, 0.29) is 31.4 Å². The Morgan fingerprint density at radius 2 is 1.57 bits per heavy atom. The van der Waals surface area contributed by atoms with Gasteiger partial charge in [-0.2, -0.15) is 0 Å². The summed E-state index contributed by atoms with van der Waals surface area (Å²) in [5.41, 5.74) is -8.84. The molecule has 4 aliphatic carbocycles.